The Morgan fingerprint density at radius 1 is 1.07 bits per heavy atom. The van der Waals surface area contributed by atoms with Gasteiger partial charge in [0.15, 0.2) is 11.5 Å². The van der Waals surface area contributed by atoms with E-state index in [-0.39, 0.29) is 5.91 Å². The molecule has 4 rings (SSSR count). The number of nitrogens with zero attached hydrogens (tertiary/aromatic N) is 4. The normalized spacial score (nSPS) is 21.1. The van der Waals surface area contributed by atoms with Gasteiger partial charge in [-0.1, -0.05) is 0 Å². The van der Waals surface area contributed by atoms with Crippen molar-refractivity contribution < 1.29 is 29.3 Å². The smallest absolute Gasteiger partial charge is 0.407 e. The molecule has 2 aromatic heterocycles. The molecule has 0 unspecified atom stereocenters. The second-order valence-corrected chi connectivity index (χ2v) is 10.7. The third-order valence-corrected chi connectivity index (χ3v) is 6.57. The van der Waals surface area contributed by atoms with E-state index in [1.165, 1.54) is 6.33 Å². The molecule has 40 heavy (non-hydrogen) atoms. The number of alkyl carbamates (subject to hydrolysis) is 1. The van der Waals surface area contributed by atoms with Gasteiger partial charge in [0.1, 0.15) is 35.4 Å². The van der Waals surface area contributed by atoms with Gasteiger partial charge in [0.2, 0.25) is 0 Å². The molecule has 2 heterocycles. The van der Waals surface area contributed by atoms with Crippen molar-refractivity contribution in [3.05, 3.63) is 42.5 Å². The fraction of sp³-hybridized carbons (Fsp3) is 0.519. The van der Waals surface area contributed by atoms with Gasteiger partial charge in [0.25, 0.3) is 5.91 Å². The van der Waals surface area contributed by atoms with Crippen LogP contribution in [0.5, 0.6) is 5.75 Å². The van der Waals surface area contributed by atoms with Crippen LogP contribution in [0.15, 0.2) is 36.9 Å². The Morgan fingerprint density at radius 3 is 2.52 bits per heavy atom. The van der Waals surface area contributed by atoms with Gasteiger partial charge in [-0.3, -0.25) is 4.79 Å². The first-order valence-electron chi connectivity index (χ1n) is 13.3. The number of carbonyl (C=O) groups excluding carboxylic acids is 2. The quantitative estimate of drug-likeness (QED) is 0.246. The Morgan fingerprint density at radius 2 is 1.82 bits per heavy atom. The van der Waals surface area contributed by atoms with Gasteiger partial charge < -0.3 is 40.2 Å². The van der Waals surface area contributed by atoms with Crippen molar-refractivity contribution in [3.63, 3.8) is 0 Å². The predicted octanol–water partition coefficient (Wildman–Crippen LogP) is 2.02. The average Bonchev–Trinajstić information content (AvgIpc) is 3.34. The summed E-state index contributed by atoms with van der Waals surface area (Å²) in [5, 5.41) is 30.3. The predicted molar refractivity (Wildman–Crippen MR) is 147 cm³/mol. The van der Waals surface area contributed by atoms with Crippen LogP contribution in [-0.4, -0.2) is 85.8 Å². The summed E-state index contributed by atoms with van der Waals surface area (Å²) in [4.78, 5) is 37.3. The largest absolute Gasteiger partial charge is 0.494 e. The Kier molecular flexibility index (Phi) is 9.05. The third kappa shape index (κ3) is 6.96. The number of benzene rings is 1. The van der Waals surface area contributed by atoms with Crippen molar-refractivity contribution in [1.29, 1.82) is 0 Å². The van der Waals surface area contributed by atoms with Crippen LogP contribution in [0, 0.1) is 0 Å². The maximum Gasteiger partial charge on any atom is 0.407 e. The summed E-state index contributed by atoms with van der Waals surface area (Å²) in [5.41, 5.74) is 0.987. The molecule has 1 saturated carbocycles. The number of hydrogen-bond acceptors (Lipinski definition) is 10. The highest BCUT2D eigenvalue weighted by Crippen LogP contribution is 2.32. The Bertz CT molecular complexity index is 1310. The lowest BCUT2D eigenvalue weighted by Gasteiger charge is -2.38. The zero-order chi connectivity index (χ0) is 28.9. The first kappa shape index (κ1) is 29.0. The number of aliphatic hydroxyl groups excluding tert-OH is 2. The minimum atomic E-state index is -1.18. The van der Waals surface area contributed by atoms with E-state index in [9.17, 15) is 19.8 Å². The van der Waals surface area contributed by atoms with E-state index in [0.29, 0.717) is 60.7 Å². The molecule has 1 aliphatic carbocycles. The lowest BCUT2D eigenvalue weighted by atomic mass is 9.85. The number of nitrogens with one attached hydrogen (secondary N) is 3. The Labute approximate surface area is 232 Å². The zero-order valence-electron chi connectivity index (χ0n) is 23.1. The number of anilines is 1. The summed E-state index contributed by atoms with van der Waals surface area (Å²) in [6, 6.07) is 5.56. The van der Waals surface area contributed by atoms with Gasteiger partial charge in [-0.15, -0.1) is 0 Å². The Balaban J connectivity index is 1.26. The van der Waals surface area contributed by atoms with E-state index >= 15 is 0 Å². The van der Waals surface area contributed by atoms with Crippen LogP contribution < -0.4 is 20.7 Å². The molecule has 216 valence electrons. The van der Waals surface area contributed by atoms with Gasteiger partial charge in [-0.05, 0) is 64.3 Å². The number of fused-ring (bicyclic) bond motifs is 1. The highest BCUT2D eigenvalue weighted by molar-refractivity contribution is 5.94. The van der Waals surface area contributed by atoms with Gasteiger partial charge in [0, 0.05) is 19.2 Å². The highest BCUT2D eigenvalue weighted by Gasteiger charge is 2.39. The number of ether oxygens (including phenoxy) is 2. The van der Waals surface area contributed by atoms with Crippen molar-refractivity contribution >= 4 is 29.0 Å². The number of rotatable bonds is 9. The standard InChI is InChI=1S/C27H37N7O6/c1-27(2,3)40-26(38)29-12-5-13-39-17-8-6-16(7-9-17)25(37)33-18-10-11-19(22(36)21(18)35)34-15-32-20-23(28-4)30-14-31-24(20)34/h6-9,14-15,18-19,21-22,35-36H,5,10-13H2,1-4H3,(H,29,38)(H,33,37)(H,28,30,31)/t18-,19-,21+,22+/m1/s1. The number of aromatic nitrogens is 4. The Hall–Kier alpha value is -3.97. The molecule has 1 fully saturated rings. The number of amides is 2. The fourth-order valence-electron chi connectivity index (χ4n) is 4.62. The van der Waals surface area contributed by atoms with Crippen LogP contribution in [0.3, 0.4) is 0 Å². The van der Waals surface area contributed by atoms with Crippen molar-refractivity contribution in [3.8, 4) is 5.75 Å². The van der Waals surface area contributed by atoms with Gasteiger partial charge in [-0.25, -0.2) is 19.7 Å². The second kappa shape index (κ2) is 12.5. The van der Waals surface area contributed by atoms with Crippen molar-refractivity contribution in [2.75, 3.05) is 25.5 Å². The first-order valence-corrected chi connectivity index (χ1v) is 13.3. The van der Waals surface area contributed by atoms with Crippen molar-refractivity contribution in [2.45, 2.75) is 69.9 Å². The molecule has 0 saturated heterocycles. The molecule has 13 heteroatoms. The molecule has 0 bridgehead atoms. The van der Waals surface area contributed by atoms with E-state index in [4.69, 9.17) is 9.47 Å². The van der Waals surface area contributed by atoms with Crippen LogP contribution in [0.25, 0.3) is 11.2 Å². The summed E-state index contributed by atoms with van der Waals surface area (Å²) in [7, 11) is 1.74. The molecule has 5 N–H and O–H groups in total. The maximum atomic E-state index is 12.9. The number of imidazole rings is 1. The summed E-state index contributed by atoms with van der Waals surface area (Å²) in [6.45, 7) is 6.19. The molecule has 13 nitrogen and oxygen atoms in total. The van der Waals surface area contributed by atoms with Crippen LogP contribution >= 0.6 is 0 Å². The monoisotopic (exact) mass is 555 g/mol. The fourth-order valence-corrected chi connectivity index (χ4v) is 4.62. The minimum Gasteiger partial charge on any atom is -0.494 e. The highest BCUT2D eigenvalue weighted by atomic mass is 16.6. The molecule has 0 aliphatic heterocycles. The summed E-state index contributed by atoms with van der Waals surface area (Å²) >= 11 is 0. The number of aliphatic hydroxyl groups is 2. The maximum absolute atomic E-state index is 12.9. The van der Waals surface area contributed by atoms with E-state index in [1.807, 2.05) is 0 Å². The second-order valence-electron chi connectivity index (χ2n) is 10.7. The SMILES string of the molecule is CNc1ncnc2c1ncn2[C@@H]1CC[C@@H](NC(=O)c2ccc(OCCCNC(=O)OC(C)(C)C)cc2)[C@H](O)[C@H]1O. The lowest BCUT2D eigenvalue weighted by molar-refractivity contribution is -0.0552. The van der Waals surface area contributed by atoms with Gasteiger partial charge in [0.05, 0.1) is 25.0 Å². The molecule has 1 aliphatic rings. The summed E-state index contributed by atoms with van der Waals surface area (Å²) in [5.74, 6) is 0.802. The van der Waals surface area contributed by atoms with Crippen LogP contribution in [0.1, 0.15) is 56.4 Å². The minimum absolute atomic E-state index is 0.359. The molecule has 4 atom stereocenters. The number of carbonyl (C=O) groups is 2. The van der Waals surface area contributed by atoms with Crippen molar-refractivity contribution in [2.24, 2.45) is 0 Å². The summed E-state index contributed by atoms with van der Waals surface area (Å²) < 4.78 is 12.6. The van der Waals surface area contributed by atoms with E-state index in [1.54, 1.807) is 63.0 Å². The molecule has 0 radical (unpaired) electrons. The topological polar surface area (TPSA) is 173 Å². The first-order chi connectivity index (χ1) is 19.1. The van der Waals surface area contributed by atoms with E-state index in [0.717, 1.165) is 0 Å². The van der Waals surface area contributed by atoms with E-state index in [2.05, 4.69) is 30.9 Å². The van der Waals surface area contributed by atoms with Gasteiger partial charge in [-0.2, -0.15) is 0 Å². The van der Waals surface area contributed by atoms with Crippen molar-refractivity contribution in [1.82, 2.24) is 30.2 Å². The third-order valence-electron chi connectivity index (χ3n) is 6.57. The lowest BCUT2D eigenvalue weighted by Crippen LogP contribution is -2.54. The zero-order valence-corrected chi connectivity index (χ0v) is 23.1. The van der Waals surface area contributed by atoms with Crippen LogP contribution in [-0.2, 0) is 4.74 Å². The molecular formula is C27H37N7O6. The molecule has 0 spiro atoms. The van der Waals surface area contributed by atoms with E-state index < -0.39 is 36.0 Å². The molecule has 1 aromatic carbocycles. The molecule has 2 amide bonds. The molecular weight excluding hydrogens is 518 g/mol. The van der Waals surface area contributed by atoms with Gasteiger partial charge >= 0.3 is 6.09 Å². The average molecular weight is 556 g/mol. The van der Waals surface area contributed by atoms with Crippen LogP contribution in [0.2, 0.25) is 0 Å². The molecule has 3 aromatic rings. The van der Waals surface area contributed by atoms with Crippen LogP contribution in [0.4, 0.5) is 10.6 Å². The summed E-state index contributed by atoms with van der Waals surface area (Å²) in [6.07, 6.45) is 1.76. The number of hydrogen-bond donors (Lipinski definition) is 5.